The van der Waals surface area contributed by atoms with Gasteiger partial charge in [-0.3, -0.25) is 4.79 Å². The highest BCUT2D eigenvalue weighted by Crippen LogP contribution is 2.23. The van der Waals surface area contributed by atoms with Crippen LogP contribution in [-0.2, 0) is 4.79 Å². The van der Waals surface area contributed by atoms with Crippen LogP contribution in [0.25, 0.3) is 0 Å². The van der Waals surface area contributed by atoms with E-state index in [4.69, 9.17) is 9.84 Å². The van der Waals surface area contributed by atoms with Gasteiger partial charge in [0, 0.05) is 18.7 Å². The van der Waals surface area contributed by atoms with E-state index in [-0.39, 0.29) is 5.91 Å². The van der Waals surface area contributed by atoms with Crippen molar-refractivity contribution >= 4 is 11.9 Å². The average molecular weight is 305 g/mol. The highest BCUT2D eigenvalue weighted by Gasteiger charge is 2.24. The molecule has 1 aromatic rings. The smallest absolute Gasteiger partial charge is 0.341 e. The Hall–Kier alpha value is -2.04. The number of carboxylic acid groups (broad SMARTS) is 1. The monoisotopic (exact) mass is 305 g/mol. The van der Waals surface area contributed by atoms with Crippen LogP contribution in [0.1, 0.15) is 43.0 Å². The number of benzene rings is 1. The second-order valence-corrected chi connectivity index (χ2v) is 5.76. The lowest BCUT2D eigenvalue weighted by Crippen LogP contribution is -2.39. The molecule has 0 saturated carbocycles. The molecule has 0 aromatic heterocycles. The van der Waals surface area contributed by atoms with Crippen LogP contribution in [-0.4, -0.2) is 41.6 Å². The molecule has 1 saturated heterocycles. The molecule has 1 aliphatic heterocycles. The number of rotatable bonds is 6. The van der Waals surface area contributed by atoms with Gasteiger partial charge < -0.3 is 14.7 Å². The maximum absolute atomic E-state index is 12.6. The van der Waals surface area contributed by atoms with Crippen molar-refractivity contribution in [3.63, 3.8) is 0 Å². The molecule has 22 heavy (non-hydrogen) atoms. The van der Waals surface area contributed by atoms with Gasteiger partial charge in [-0.25, -0.2) is 4.79 Å². The van der Waals surface area contributed by atoms with Crippen LogP contribution in [0.3, 0.4) is 0 Å². The summed E-state index contributed by atoms with van der Waals surface area (Å²) in [5.41, 5.74) is 0.556. The number of likely N-dealkylation sites (tertiary alicyclic amines) is 1. The fourth-order valence-electron chi connectivity index (χ4n) is 2.94. The molecule has 0 bridgehead atoms. The first-order valence-corrected chi connectivity index (χ1v) is 7.84. The molecule has 0 spiro atoms. The number of ether oxygens (including phenoxy) is 1. The van der Waals surface area contributed by atoms with Gasteiger partial charge in [0.25, 0.3) is 5.91 Å². The average Bonchev–Trinajstić information content (AvgIpc) is 2.53. The van der Waals surface area contributed by atoms with Crippen LogP contribution >= 0.6 is 0 Å². The standard InChI is InChI=1S/C17H23NO4/c1-2-5-13-6-4-9-18(11-13)17(21)14-7-3-8-15(10-14)22-12-16(19)20/h3,7-8,10,13H,2,4-6,9,11-12H2,1H3,(H,19,20). The van der Waals surface area contributed by atoms with Gasteiger partial charge in [-0.05, 0) is 43.4 Å². The number of carbonyl (C=O) groups is 2. The maximum Gasteiger partial charge on any atom is 0.341 e. The predicted molar refractivity (Wildman–Crippen MR) is 83.1 cm³/mol. The Kier molecular flexibility index (Phi) is 5.81. The summed E-state index contributed by atoms with van der Waals surface area (Å²) in [4.78, 5) is 25.0. The Morgan fingerprint density at radius 3 is 2.95 bits per heavy atom. The third-order valence-electron chi connectivity index (χ3n) is 3.95. The molecule has 1 N–H and O–H groups in total. The molecular weight excluding hydrogens is 282 g/mol. The molecule has 5 nitrogen and oxygen atoms in total. The molecule has 1 heterocycles. The van der Waals surface area contributed by atoms with Gasteiger partial charge in [0.1, 0.15) is 5.75 Å². The Labute approximate surface area is 130 Å². The van der Waals surface area contributed by atoms with Crippen molar-refractivity contribution in [1.82, 2.24) is 4.90 Å². The van der Waals surface area contributed by atoms with E-state index in [1.165, 1.54) is 6.42 Å². The number of piperidine rings is 1. The Morgan fingerprint density at radius 2 is 2.23 bits per heavy atom. The van der Waals surface area contributed by atoms with E-state index < -0.39 is 12.6 Å². The van der Waals surface area contributed by atoms with Gasteiger partial charge >= 0.3 is 5.97 Å². The summed E-state index contributed by atoms with van der Waals surface area (Å²) in [5, 5.41) is 8.64. The van der Waals surface area contributed by atoms with Crippen molar-refractivity contribution < 1.29 is 19.4 Å². The van der Waals surface area contributed by atoms with E-state index in [0.29, 0.717) is 17.2 Å². The number of carboxylic acids is 1. The minimum Gasteiger partial charge on any atom is -0.482 e. The topological polar surface area (TPSA) is 66.8 Å². The normalized spacial score (nSPS) is 18.0. The minimum absolute atomic E-state index is 0.00146. The number of carbonyl (C=O) groups excluding carboxylic acids is 1. The number of hydrogen-bond acceptors (Lipinski definition) is 3. The van der Waals surface area contributed by atoms with Crippen molar-refractivity contribution in [2.75, 3.05) is 19.7 Å². The van der Waals surface area contributed by atoms with E-state index >= 15 is 0 Å². The van der Waals surface area contributed by atoms with Crippen LogP contribution < -0.4 is 4.74 Å². The van der Waals surface area contributed by atoms with E-state index in [0.717, 1.165) is 32.4 Å². The summed E-state index contributed by atoms with van der Waals surface area (Å²) in [6.07, 6.45) is 4.54. The highest BCUT2D eigenvalue weighted by atomic mass is 16.5. The largest absolute Gasteiger partial charge is 0.482 e. The minimum atomic E-state index is -1.03. The molecule has 1 atom stereocenters. The van der Waals surface area contributed by atoms with E-state index in [9.17, 15) is 9.59 Å². The zero-order chi connectivity index (χ0) is 15.9. The SMILES string of the molecule is CCCC1CCCN(C(=O)c2cccc(OCC(=O)O)c2)C1. The van der Waals surface area contributed by atoms with Crippen LogP contribution in [0.4, 0.5) is 0 Å². The third kappa shape index (κ3) is 4.48. The highest BCUT2D eigenvalue weighted by molar-refractivity contribution is 5.94. The summed E-state index contributed by atoms with van der Waals surface area (Å²) in [7, 11) is 0. The summed E-state index contributed by atoms with van der Waals surface area (Å²) >= 11 is 0. The predicted octanol–water partition coefficient (Wildman–Crippen LogP) is 2.80. The molecule has 1 fully saturated rings. The molecule has 1 unspecified atom stereocenters. The summed E-state index contributed by atoms with van der Waals surface area (Å²) in [6, 6.07) is 6.75. The first-order chi connectivity index (χ1) is 10.6. The summed E-state index contributed by atoms with van der Waals surface area (Å²) < 4.78 is 5.13. The molecule has 1 aromatic carbocycles. The molecule has 0 aliphatic carbocycles. The molecular formula is C17H23NO4. The number of aliphatic carboxylic acids is 1. The van der Waals surface area contributed by atoms with Gasteiger partial charge in [-0.15, -0.1) is 0 Å². The first-order valence-electron chi connectivity index (χ1n) is 7.84. The van der Waals surface area contributed by atoms with Gasteiger partial charge in [0.15, 0.2) is 6.61 Å². The molecule has 120 valence electrons. The van der Waals surface area contributed by atoms with Crippen LogP contribution in [0.15, 0.2) is 24.3 Å². The number of amides is 1. The molecule has 0 radical (unpaired) electrons. The quantitative estimate of drug-likeness (QED) is 0.877. The number of nitrogens with zero attached hydrogens (tertiary/aromatic N) is 1. The lowest BCUT2D eigenvalue weighted by Gasteiger charge is -2.32. The summed E-state index contributed by atoms with van der Waals surface area (Å²) in [5.74, 6) is -0.0266. The van der Waals surface area contributed by atoms with Gasteiger partial charge in [-0.2, -0.15) is 0 Å². The Morgan fingerprint density at radius 1 is 1.41 bits per heavy atom. The molecule has 1 amide bonds. The van der Waals surface area contributed by atoms with Crippen molar-refractivity contribution in [2.24, 2.45) is 5.92 Å². The Bertz CT molecular complexity index is 527. The van der Waals surface area contributed by atoms with Crippen molar-refractivity contribution in [3.05, 3.63) is 29.8 Å². The Balaban J connectivity index is 2.02. The molecule has 5 heteroatoms. The van der Waals surface area contributed by atoms with E-state index in [2.05, 4.69) is 6.92 Å². The number of hydrogen-bond donors (Lipinski definition) is 1. The van der Waals surface area contributed by atoms with Crippen molar-refractivity contribution in [3.8, 4) is 5.75 Å². The second kappa shape index (κ2) is 7.82. The lowest BCUT2D eigenvalue weighted by molar-refractivity contribution is -0.139. The lowest BCUT2D eigenvalue weighted by atomic mass is 9.93. The van der Waals surface area contributed by atoms with Crippen LogP contribution in [0, 0.1) is 5.92 Å². The first kappa shape index (κ1) is 16.3. The van der Waals surface area contributed by atoms with Crippen LogP contribution in [0.2, 0.25) is 0 Å². The van der Waals surface area contributed by atoms with Gasteiger partial charge in [0.05, 0.1) is 0 Å². The van der Waals surface area contributed by atoms with Crippen molar-refractivity contribution in [2.45, 2.75) is 32.6 Å². The molecule has 1 aliphatic rings. The molecule has 2 rings (SSSR count). The van der Waals surface area contributed by atoms with E-state index in [1.807, 2.05) is 4.90 Å². The zero-order valence-corrected chi connectivity index (χ0v) is 13.0. The van der Waals surface area contributed by atoms with E-state index in [1.54, 1.807) is 24.3 Å². The maximum atomic E-state index is 12.6. The zero-order valence-electron chi connectivity index (χ0n) is 13.0. The van der Waals surface area contributed by atoms with Gasteiger partial charge in [-0.1, -0.05) is 19.4 Å². The third-order valence-corrected chi connectivity index (χ3v) is 3.95. The van der Waals surface area contributed by atoms with Crippen LogP contribution in [0.5, 0.6) is 5.75 Å². The second-order valence-electron chi connectivity index (χ2n) is 5.76. The summed E-state index contributed by atoms with van der Waals surface area (Å²) in [6.45, 7) is 3.37. The van der Waals surface area contributed by atoms with Gasteiger partial charge in [0.2, 0.25) is 0 Å². The fraction of sp³-hybridized carbons (Fsp3) is 0.529. The fourth-order valence-corrected chi connectivity index (χ4v) is 2.94. The van der Waals surface area contributed by atoms with Crippen molar-refractivity contribution in [1.29, 1.82) is 0 Å².